The molecule has 2 aliphatic rings. The minimum absolute atomic E-state index is 0.0366. The van der Waals surface area contributed by atoms with Crippen molar-refractivity contribution in [1.29, 1.82) is 0 Å². The Hall–Kier alpha value is -0.570. The Morgan fingerprint density at radius 2 is 1.93 bits per heavy atom. The van der Waals surface area contributed by atoms with Gasteiger partial charge < -0.3 is 0 Å². The molecule has 0 saturated heterocycles. The number of fused-ring (bicyclic) bond motifs is 2. The van der Waals surface area contributed by atoms with E-state index in [0.29, 0.717) is 4.91 Å². The lowest BCUT2D eigenvalue weighted by molar-refractivity contribution is 0.562. The first-order valence-electron chi connectivity index (χ1n) is 5.95. The highest BCUT2D eigenvalue weighted by molar-refractivity contribution is 7.96. The van der Waals surface area contributed by atoms with Crippen molar-refractivity contribution in [2.24, 2.45) is 11.8 Å². The molecule has 0 aromatic rings. The Labute approximate surface area is 93.4 Å². The third-order valence-corrected chi connectivity index (χ3v) is 6.04. The van der Waals surface area contributed by atoms with Gasteiger partial charge in [-0.15, -0.1) is 0 Å². The summed E-state index contributed by atoms with van der Waals surface area (Å²) in [5, 5.41) is 0. The molecular formula is C12H18O2S. The monoisotopic (exact) mass is 227 g/mol. The summed E-state index contributed by atoms with van der Waals surface area (Å²) in [5.41, 5.74) is 0.822. The molecule has 0 radical (unpaired) electrons. The SMILES string of the molecule is [2H]CC1=C(S(=O)(=O)C(C)(C)C)[C@@H]2C=C[C@H]1C2. The zero-order valence-electron chi connectivity index (χ0n) is 10.4. The maximum Gasteiger partial charge on any atom is 0.179 e. The molecule has 0 saturated carbocycles. The van der Waals surface area contributed by atoms with E-state index in [4.69, 9.17) is 1.37 Å². The van der Waals surface area contributed by atoms with Crippen molar-refractivity contribution in [3.8, 4) is 0 Å². The molecule has 0 amide bonds. The zero-order chi connectivity index (χ0) is 12.1. The van der Waals surface area contributed by atoms with Crippen molar-refractivity contribution in [1.82, 2.24) is 0 Å². The first-order valence-corrected chi connectivity index (χ1v) is 6.72. The molecule has 0 aromatic heterocycles. The Bertz CT molecular complexity index is 466. The van der Waals surface area contributed by atoms with E-state index in [1.165, 1.54) is 0 Å². The van der Waals surface area contributed by atoms with Crippen molar-refractivity contribution >= 4 is 9.84 Å². The number of allylic oxidation sites excluding steroid dienone is 4. The smallest absolute Gasteiger partial charge is 0.179 e. The van der Waals surface area contributed by atoms with Crippen molar-refractivity contribution in [3.63, 3.8) is 0 Å². The Morgan fingerprint density at radius 3 is 2.47 bits per heavy atom. The van der Waals surface area contributed by atoms with E-state index >= 15 is 0 Å². The van der Waals surface area contributed by atoms with Gasteiger partial charge in [-0.25, -0.2) is 8.42 Å². The quantitative estimate of drug-likeness (QED) is 0.645. The van der Waals surface area contributed by atoms with Crippen LogP contribution in [0.15, 0.2) is 22.6 Å². The highest BCUT2D eigenvalue weighted by Crippen LogP contribution is 2.47. The molecule has 3 heteroatoms. The summed E-state index contributed by atoms with van der Waals surface area (Å²) in [6.07, 6.45) is 4.90. The van der Waals surface area contributed by atoms with Gasteiger partial charge in [0.25, 0.3) is 0 Å². The van der Waals surface area contributed by atoms with E-state index in [1.807, 2.05) is 6.08 Å². The second-order valence-corrected chi connectivity index (χ2v) is 8.01. The van der Waals surface area contributed by atoms with Crippen LogP contribution in [-0.4, -0.2) is 13.2 Å². The molecular weight excluding hydrogens is 208 g/mol. The fraction of sp³-hybridized carbons (Fsp3) is 0.667. The van der Waals surface area contributed by atoms with Crippen LogP contribution in [-0.2, 0) is 9.84 Å². The molecule has 2 nitrogen and oxygen atoms in total. The van der Waals surface area contributed by atoms with E-state index in [1.54, 1.807) is 20.8 Å². The van der Waals surface area contributed by atoms with Crippen LogP contribution in [0.4, 0.5) is 0 Å². The highest BCUT2D eigenvalue weighted by Gasteiger charge is 2.44. The van der Waals surface area contributed by atoms with E-state index in [2.05, 4.69) is 6.08 Å². The average molecular weight is 227 g/mol. The molecule has 0 heterocycles. The summed E-state index contributed by atoms with van der Waals surface area (Å²) in [6.45, 7) is 5.29. The van der Waals surface area contributed by atoms with Gasteiger partial charge >= 0.3 is 0 Å². The van der Waals surface area contributed by atoms with Crippen LogP contribution in [0.25, 0.3) is 0 Å². The van der Waals surface area contributed by atoms with Crippen molar-refractivity contribution < 1.29 is 9.79 Å². The summed E-state index contributed by atoms with van der Waals surface area (Å²) in [4.78, 5) is 0.544. The van der Waals surface area contributed by atoms with Gasteiger partial charge in [0, 0.05) is 7.29 Å². The standard InChI is InChI=1S/C12H18O2S/c1-8-9-5-6-10(7-9)11(8)15(13,14)12(2,3)4/h5-6,9-10H,7H2,1-4H3/t9-,10+/m0/s1/i1D. The van der Waals surface area contributed by atoms with E-state index in [-0.39, 0.29) is 18.7 Å². The molecule has 0 N–H and O–H groups in total. The largest absolute Gasteiger partial charge is 0.223 e. The molecule has 15 heavy (non-hydrogen) atoms. The minimum atomic E-state index is -3.26. The Balaban J connectivity index is 2.53. The van der Waals surface area contributed by atoms with Crippen molar-refractivity contribution in [3.05, 3.63) is 22.6 Å². The van der Waals surface area contributed by atoms with Crippen LogP contribution < -0.4 is 0 Å². The number of hydrogen-bond donors (Lipinski definition) is 0. The molecule has 2 rings (SSSR count). The van der Waals surface area contributed by atoms with Crippen LogP contribution >= 0.6 is 0 Å². The maximum atomic E-state index is 12.4. The van der Waals surface area contributed by atoms with Gasteiger partial charge in [0.15, 0.2) is 9.84 Å². The number of sulfone groups is 1. The fourth-order valence-electron chi connectivity index (χ4n) is 2.27. The molecule has 2 aliphatic carbocycles. The average Bonchev–Trinajstić information content (AvgIpc) is 2.73. The first-order chi connectivity index (χ1) is 7.29. The van der Waals surface area contributed by atoms with Gasteiger partial charge in [-0.3, -0.25) is 0 Å². The summed E-state index contributed by atoms with van der Waals surface area (Å²) < 4.78 is 31.6. The van der Waals surface area contributed by atoms with Crippen molar-refractivity contribution in [2.75, 3.05) is 0 Å². The third-order valence-electron chi connectivity index (χ3n) is 3.28. The Morgan fingerprint density at radius 1 is 1.33 bits per heavy atom. The highest BCUT2D eigenvalue weighted by atomic mass is 32.2. The van der Waals surface area contributed by atoms with Crippen molar-refractivity contribution in [2.45, 2.75) is 38.8 Å². The van der Waals surface area contributed by atoms with Gasteiger partial charge in [0.05, 0.1) is 9.65 Å². The number of rotatable bonds is 1. The number of hydrogen-bond acceptors (Lipinski definition) is 2. The van der Waals surface area contributed by atoms with E-state index in [9.17, 15) is 8.42 Å². The molecule has 0 spiro atoms. The lowest BCUT2D eigenvalue weighted by atomic mass is 10.1. The van der Waals surface area contributed by atoms with Crippen LogP contribution in [0.3, 0.4) is 0 Å². The van der Waals surface area contributed by atoms with Gasteiger partial charge in [-0.2, -0.15) is 0 Å². The predicted molar refractivity (Wildman–Crippen MR) is 62.1 cm³/mol. The normalized spacial score (nSPS) is 31.3. The van der Waals surface area contributed by atoms with Crippen LogP contribution in [0.5, 0.6) is 0 Å². The predicted octanol–water partition coefficient (Wildman–Crippen LogP) is 2.68. The van der Waals surface area contributed by atoms with Crippen LogP contribution in [0.2, 0.25) is 0 Å². The summed E-state index contributed by atoms with van der Waals surface area (Å²) in [7, 11) is -3.26. The van der Waals surface area contributed by atoms with Crippen LogP contribution in [0, 0.1) is 11.8 Å². The molecule has 2 atom stereocenters. The molecule has 2 bridgehead atoms. The summed E-state index contributed by atoms with van der Waals surface area (Å²) >= 11 is 0. The first kappa shape index (κ1) is 9.64. The van der Waals surface area contributed by atoms with Crippen LogP contribution in [0.1, 0.15) is 35.5 Å². The van der Waals surface area contributed by atoms with Gasteiger partial charge in [0.1, 0.15) is 0 Å². The topological polar surface area (TPSA) is 34.1 Å². The summed E-state index contributed by atoms with van der Waals surface area (Å²) in [5.74, 6) is 0.240. The van der Waals surface area contributed by atoms with Gasteiger partial charge in [0.2, 0.25) is 0 Å². The minimum Gasteiger partial charge on any atom is -0.223 e. The molecule has 0 aromatic carbocycles. The Kier molecular flexibility index (Phi) is 1.91. The second-order valence-electron chi connectivity index (χ2n) is 5.34. The van der Waals surface area contributed by atoms with Gasteiger partial charge in [-0.05, 0) is 40.0 Å². The lowest BCUT2D eigenvalue weighted by Gasteiger charge is -2.24. The second kappa shape index (κ2) is 2.97. The zero-order valence-corrected chi connectivity index (χ0v) is 10.3. The summed E-state index contributed by atoms with van der Waals surface area (Å²) in [6, 6.07) is 0. The molecule has 84 valence electrons. The molecule has 0 fully saturated rings. The third kappa shape index (κ3) is 1.40. The van der Waals surface area contributed by atoms with E-state index in [0.717, 1.165) is 12.0 Å². The lowest BCUT2D eigenvalue weighted by Crippen LogP contribution is -2.31. The molecule has 0 unspecified atom stereocenters. The molecule has 0 aliphatic heterocycles. The maximum absolute atomic E-state index is 12.4. The van der Waals surface area contributed by atoms with Gasteiger partial charge in [-0.1, -0.05) is 17.7 Å². The fourth-order valence-corrected chi connectivity index (χ4v) is 4.00. The van der Waals surface area contributed by atoms with E-state index < -0.39 is 14.6 Å².